The Morgan fingerprint density at radius 2 is 1.17 bits per heavy atom. The third kappa shape index (κ3) is 5.05. The Labute approximate surface area is 153 Å². The minimum atomic E-state index is -7.93. The van der Waals surface area contributed by atoms with Crippen molar-refractivity contribution < 1.29 is 66.6 Å². The number of alkyl halides is 13. The summed E-state index contributed by atoms with van der Waals surface area (Å²) in [6.07, 6.45) is -11.9. The Morgan fingerprint density at radius 1 is 0.759 bits per heavy atom. The van der Waals surface area contributed by atoms with Crippen LogP contribution in [0.15, 0.2) is 0 Å². The number of rotatable bonds is 10. The Kier molecular flexibility index (Phi) is 7.66. The van der Waals surface area contributed by atoms with E-state index in [0.29, 0.717) is 0 Å². The van der Waals surface area contributed by atoms with Crippen molar-refractivity contribution in [2.24, 2.45) is 0 Å². The van der Waals surface area contributed by atoms with Gasteiger partial charge in [-0.05, 0) is 13.3 Å². The number of hydrogen-bond donors (Lipinski definition) is 1. The van der Waals surface area contributed by atoms with Gasteiger partial charge < -0.3 is 10.1 Å². The van der Waals surface area contributed by atoms with Crippen molar-refractivity contribution in [1.29, 1.82) is 5.41 Å². The minimum Gasteiger partial charge on any atom is -0.465 e. The van der Waals surface area contributed by atoms with E-state index in [0.717, 1.165) is 6.92 Å². The van der Waals surface area contributed by atoms with Gasteiger partial charge >= 0.3 is 41.8 Å². The first-order valence-electron chi connectivity index (χ1n) is 7.21. The lowest BCUT2D eigenvalue weighted by atomic mass is 9.92. The first-order chi connectivity index (χ1) is 12.6. The van der Waals surface area contributed by atoms with Crippen LogP contribution in [0, 0.1) is 5.41 Å². The van der Waals surface area contributed by atoms with Crippen LogP contribution in [0.25, 0.3) is 0 Å². The smallest absolute Gasteiger partial charge is 0.460 e. The molecule has 0 aromatic heterocycles. The van der Waals surface area contributed by atoms with Crippen molar-refractivity contribution in [1.82, 2.24) is 0 Å². The molecule has 0 rings (SSSR count). The molecular weight excluding hydrogens is 449 g/mol. The molecule has 0 amide bonds. The normalized spacial score (nSPS) is 14.7. The molecule has 0 bridgehead atoms. The molecule has 1 N–H and O–H groups in total. The number of carbonyl (C=O) groups is 1. The quantitative estimate of drug-likeness (QED) is 0.203. The third-order valence-corrected chi connectivity index (χ3v) is 3.31. The highest BCUT2D eigenvalue weighted by molar-refractivity contribution is 5.95. The Bertz CT molecular complexity index is 612. The fourth-order valence-corrected chi connectivity index (χ4v) is 1.71. The molecule has 0 aliphatic rings. The van der Waals surface area contributed by atoms with Crippen LogP contribution in [0.1, 0.15) is 26.2 Å². The molecule has 3 nitrogen and oxygen atoms in total. The summed E-state index contributed by atoms with van der Waals surface area (Å²) in [5.41, 5.74) is -0.265. The molecular formula is C13H12F13NO2. The van der Waals surface area contributed by atoms with Crippen molar-refractivity contribution in [3.63, 3.8) is 0 Å². The number of ether oxygens (including phenoxy) is 1. The molecule has 0 heterocycles. The zero-order valence-electron chi connectivity index (χ0n) is 14.1. The van der Waals surface area contributed by atoms with Crippen LogP contribution in [0.3, 0.4) is 0 Å². The maximum absolute atomic E-state index is 13.4. The predicted molar refractivity (Wildman–Crippen MR) is 69.0 cm³/mol. The summed E-state index contributed by atoms with van der Waals surface area (Å²) in [6.45, 7) is -0.0204. The van der Waals surface area contributed by atoms with Gasteiger partial charge in [0.05, 0.1) is 13.0 Å². The van der Waals surface area contributed by atoms with Gasteiger partial charge in [0.2, 0.25) is 0 Å². The standard InChI is InChI=1S/C13H12F13NO2/c1-6(27)5-7(28)29-4-2-3-8(14,15)9(16,17)10(18,19)11(20,21)12(22,23)13(24,25)26/h27H,2-5H2,1H3. The van der Waals surface area contributed by atoms with Gasteiger partial charge in [0.15, 0.2) is 0 Å². The second kappa shape index (κ2) is 8.16. The monoisotopic (exact) mass is 461 g/mol. The number of nitrogens with one attached hydrogen (secondary N) is 1. The first-order valence-corrected chi connectivity index (χ1v) is 7.21. The van der Waals surface area contributed by atoms with E-state index in [1.165, 1.54) is 0 Å². The molecule has 29 heavy (non-hydrogen) atoms. The summed E-state index contributed by atoms with van der Waals surface area (Å²) in [7, 11) is 0. The lowest BCUT2D eigenvalue weighted by Crippen LogP contribution is -2.70. The molecule has 0 aromatic rings. The average molecular weight is 461 g/mol. The Balaban J connectivity index is 5.50. The molecule has 0 saturated heterocycles. The molecule has 172 valence electrons. The van der Waals surface area contributed by atoms with Crippen LogP contribution in [0.2, 0.25) is 0 Å². The summed E-state index contributed by atoms with van der Waals surface area (Å²) in [5.74, 6) is -38.3. The predicted octanol–water partition coefficient (Wildman–Crippen LogP) is 5.48. The van der Waals surface area contributed by atoms with Gasteiger partial charge in [0.25, 0.3) is 0 Å². The maximum atomic E-state index is 13.4. The largest absolute Gasteiger partial charge is 0.465 e. The first kappa shape index (κ1) is 27.2. The van der Waals surface area contributed by atoms with Crippen LogP contribution in [0.4, 0.5) is 57.1 Å². The molecule has 0 aromatic carbocycles. The summed E-state index contributed by atoms with van der Waals surface area (Å²) in [5, 5.41) is 6.89. The van der Waals surface area contributed by atoms with Gasteiger partial charge in [-0.15, -0.1) is 0 Å². The summed E-state index contributed by atoms with van der Waals surface area (Å²) in [6, 6.07) is 0. The summed E-state index contributed by atoms with van der Waals surface area (Å²) < 4.78 is 171. The SMILES string of the molecule is CC(=N)CC(=O)OCCCC(F)(F)C(F)(F)C(F)(F)C(F)(F)C(F)(F)C(F)(F)F. The van der Waals surface area contributed by atoms with Gasteiger partial charge in [0, 0.05) is 12.1 Å². The van der Waals surface area contributed by atoms with Crippen molar-refractivity contribution in [2.45, 2.75) is 62.0 Å². The van der Waals surface area contributed by atoms with Crippen LogP contribution in [0.5, 0.6) is 0 Å². The molecule has 0 fully saturated rings. The molecule has 0 saturated carbocycles. The van der Waals surface area contributed by atoms with Crippen LogP contribution in [-0.2, 0) is 9.53 Å². The van der Waals surface area contributed by atoms with E-state index in [9.17, 15) is 61.9 Å². The third-order valence-electron chi connectivity index (χ3n) is 3.31. The average Bonchev–Trinajstić information content (AvgIpc) is 2.49. The van der Waals surface area contributed by atoms with E-state index in [4.69, 9.17) is 5.41 Å². The molecule has 0 aliphatic heterocycles. The minimum absolute atomic E-state index is 0.265. The zero-order chi connectivity index (χ0) is 23.7. The summed E-state index contributed by atoms with van der Waals surface area (Å²) in [4.78, 5) is 11.0. The zero-order valence-corrected chi connectivity index (χ0v) is 14.1. The highest BCUT2D eigenvalue weighted by Crippen LogP contribution is 2.60. The van der Waals surface area contributed by atoms with E-state index >= 15 is 0 Å². The van der Waals surface area contributed by atoms with Gasteiger partial charge in [-0.1, -0.05) is 0 Å². The number of esters is 1. The second-order valence-corrected chi connectivity index (χ2v) is 5.78. The van der Waals surface area contributed by atoms with Crippen LogP contribution < -0.4 is 0 Å². The molecule has 16 heteroatoms. The molecule has 0 atom stereocenters. The fraction of sp³-hybridized carbons (Fsp3) is 0.846. The van der Waals surface area contributed by atoms with E-state index < -0.39 is 67.6 Å². The number of carbonyl (C=O) groups excluding carboxylic acids is 1. The maximum Gasteiger partial charge on any atom is 0.460 e. The van der Waals surface area contributed by atoms with Crippen LogP contribution in [-0.4, -0.2) is 54.1 Å². The Morgan fingerprint density at radius 3 is 1.55 bits per heavy atom. The number of halogens is 13. The second-order valence-electron chi connectivity index (χ2n) is 5.78. The van der Waals surface area contributed by atoms with Gasteiger partial charge in [-0.2, -0.15) is 57.1 Å². The van der Waals surface area contributed by atoms with Crippen molar-refractivity contribution in [3.05, 3.63) is 0 Å². The van der Waals surface area contributed by atoms with Gasteiger partial charge in [-0.25, -0.2) is 0 Å². The fourth-order valence-electron chi connectivity index (χ4n) is 1.71. The molecule has 0 unspecified atom stereocenters. The van der Waals surface area contributed by atoms with Crippen molar-refractivity contribution in [2.75, 3.05) is 6.61 Å². The van der Waals surface area contributed by atoms with Gasteiger partial charge in [-0.3, -0.25) is 4.79 Å². The van der Waals surface area contributed by atoms with E-state index in [1.807, 2.05) is 0 Å². The van der Waals surface area contributed by atoms with Gasteiger partial charge in [0.1, 0.15) is 0 Å². The molecule has 0 spiro atoms. The van der Waals surface area contributed by atoms with Crippen molar-refractivity contribution in [3.8, 4) is 0 Å². The molecule has 0 radical (unpaired) electrons. The highest BCUT2D eigenvalue weighted by Gasteiger charge is 2.90. The Hall–Kier alpha value is -1.77. The van der Waals surface area contributed by atoms with Crippen molar-refractivity contribution >= 4 is 11.7 Å². The molecule has 0 aliphatic carbocycles. The van der Waals surface area contributed by atoms with E-state index in [-0.39, 0.29) is 5.71 Å². The topological polar surface area (TPSA) is 50.2 Å². The van der Waals surface area contributed by atoms with E-state index in [1.54, 1.807) is 0 Å². The lowest BCUT2D eigenvalue weighted by molar-refractivity contribution is -0.440. The highest BCUT2D eigenvalue weighted by atomic mass is 19.4. The van der Waals surface area contributed by atoms with E-state index in [2.05, 4.69) is 4.74 Å². The summed E-state index contributed by atoms with van der Waals surface area (Å²) >= 11 is 0. The van der Waals surface area contributed by atoms with Crippen LogP contribution >= 0.6 is 0 Å². The lowest BCUT2D eigenvalue weighted by Gasteiger charge is -2.39. The number of hydrogen-bond acceptors (Lipinski definition) is 3.